The first kappa shape index (κ1) is 12.9. The van der Waals surface area contributed by atoms with Crippen LogP contribution in [0.25, 0.3) is 0 Å². The minimum atomic E-state index is -3.29. The van der Waals surface area contributed by atoms with Gasteiger partial charge < -0.3 is 10.4 Å². The molecular weight excluding hydrogens is 226 g/mol. The molecule has 0 saturated heterocycles. The summed E-state index contributed by atoms with van der Waals surface area (Å²) in [6.07, 6.45) is 0. The number of benzene rings is 1. The minimum Gasteiger partial charge on any atom is -0.390 e. The average molecular weight is 237 g/mol. The van der Waals surface area contributed by atoms with Gasteiger partial charge in [0.2, 0.25) is 0 Å². The fourth-order valence-corrected chi connectivity index (χ4v) is 1.13. The Hall–Kier alpha value is -1.14. The molecule has 0 aliphatic carbocycles. The molecule has 0 aliphatic rings. The van der Waals surface area contributed by atoms with Gasteiger partial charge in [0.25, 0.3) is 5.92 Å². The molecule has 0 radical (unpaired) electrons. The Morgan fingerprint density at radius 2 is 1.75 bits per heavy atom. The standard InChI is InChI=1S/C10H11F4NO/c11-8-2-1-3-9(12)7(8)4-15-5-10(13,14)6-16/h1-3,15-16H,4-6H2. The van der Waals surface area contributed by atoms with Gasteiger partial charge in [0, 0.05) is 12.1 Å². The van der Waals surface area contributed by atoms with Gasteiger partial charge in [-0.25, -0.2) is 17.6 Å². The Morgan fingerprint density at radius 1 is 1.19 bits per heavy atom. The number of rotatable bonds is 5. The van der Waals surface area contributed by atoms with Crippen LogP contribution in [0.5, 0.6) is 0 Å². The summed E-state index contributed by atoms with van der Waals surface area (Å²) in [5.74, 6) is -4.87. The molecule has 0 heterocycles. The van der Waals surface area contributed by atoms with Gasteiger partial charge in [-0.2, -0.15) is 0 Å². The maximum Gasteiger partial charge on any atom is 0.282 e. The maximum atomic E-state index is 13.0. The van der Waals surface area contributed by atoms with Crippen molar-refractivity contribution in [1.29, 1.82) is 0 Å². The third-order valence-corrected chi connectivity index (χ3v) is 1.98. The molecule has 2 nitrogen and oxygen atoms in total. The topological polar surface area (TPSA) is 32.3 Å². The first-order chi connectivity index (χ1) is 7.46. The zero-order valence-electron chi connectivity index (χ0n) is 8.31. The Kier molecular flexibility index (Phi) is 4.26. The van der Waals surface area contributed by atoms with E-state index < -0.39 is 30.7 Å². The first-order valence-electron chi connectivity index (χ1n) is 4.58. The molecule has 1 aromatic rings. The number of aliphatic hydroxyl groups excluding tert-OH is 1. The van der Waals surface area contributed by atoms with Crippen molar-refractivity contribution in [1.82, 2.24) is 5.32 Å². The number of hydrogen-bond donors (Lipinski definition) is 2. The van der Waals surface area contributed by atoms with Crippen LogP contribution in [-0.4, -0.2) is 24.2 Å². The fraction of sp³-hybridized carbons (Fsp3) is 0.400. The van der Waals surface area contributed by atoms with Crippen molar-refractivity contribution in [2.24, 2.45) is 0 Å². The lowest BCUT2D eigenvalue weighted by atomic mass is 10.2. The molecule has 0 saturated carbocycles. The number of halogens is 4. The van der Waals surface area contributed by atoms with Crippen LogP contribution in [0.4, 0.5) is 17.6 Å². The minimum absolute atomic E-state index is 0.295. The molecule has 0 aliphatic heterocycles. The second kappa shape index (κ2) is 5.27. The van der Waals surface area contributed by atoms with E-state index in [0.29, 0.717) is 0 Å². The van der Waals surface area contributed by atoms with Gasteiger partial charge in [0.05, 0.1) is 6.54 Å². The molecule has 1 rings (SSSR count). The SMILES string of the molecule is OCC(F)(F)CNCc1c(F)cccc1F. The van der Waals surface area contributed by atoms with Crippen LogP contribution in [0.1, 0.15) is 5.56 Å². The lowest BCUT2D eigenvalue weighted by molar-refractivity contribution is -0.0478. The van der Waals surface area contributed by atoms with E-state index >= 15 is 0 Å². The summed E-state index contributed by atoms with van der Waals surface area (Å²) >= 11 is 0. The van der Waals surface area contributed by atoms with Crippen molar-refractivity contribution in [2.45, 2.75) is 12.5 Å². The van der Waals surface area contributed by atoms with Crippen molar-refractivity contribution in [2.75, 3.05) is 13.2 Å². The zero-order valence-corrected chi connectivity index (χ0v) is 8.31. The number of hydrogen-bond acceptors (Lipinski definition) is 2. The lowest BCUT2D eigenvalue weighted by Crippen LogP contribution is -2.35. The van der Waals surface area contributed by atoms with E-state index in [1.165, 1.54) is 6.07 Å². The van der Waals surface area contributed by atoms with E-state index in [1.54, 1.807) is 0 Å². The van der Waals surface area contributed by atoms with Crippen molar-refractivity contribution in [3.05, 3.63) is 35.4 Å². The number of nitrogens with one attached hydrogen (secondary N) is 1. The summed E-state index contributed by atoms with van der Waals surface area (Å²) in [6.45, 7) is -2.49. The second-order valence-electron chi connectivity index (χ2n) is 3.32. The van der Waals surface area contributed by atoms with Crippen molar-refractivity contribution >= 4 is 0 Å². The Morgan fingerprint density at radius 3 is 2.25 bits per heavy atom. The normalized spacial score (nSPS) is 11.8. The lowest BCUT2D eigenvalue weighted by Gasteiger charge is -2.14. The summed E-state index contributed by atoms with van der Waals surface area (Å²) in [5.41, 5.74) is -0.295. The predicted molar refractivity (Wildman–Crippen MR) is 50.1 cm³/mol. The van der Waals surface area contributed by atoms with Crippen molar-refractivity contribution in [3.8, 4) is 0 Å². The molecule has 0 amide bonds. The fourth-order valence-electron chi connectivity index (χ4n) is 1.13. The van der Waals surface area contributed by atoms with Crippen LogP contribution < -0.4 is 5.32 Å². The van der Waals surface area contributed by atoms with Crippen LogP contribution in [0.15, 0.2) is 18.2 Å². The van der Waals surface area contributed by atoms with Crippen LogP contribution in [0, 0.1) is 11.6 Å². The molecule has 16 heavy (non-hydrogen) atoms. The zero-order chi connectivity index (χ0) is 12.2. The number of aliphatic hydroxyl groups is 1. The molecule has 1 aromatic carbocycles. The van der Waals surface area contributed by atoms with E-state index in [0.717, 1.165) is 12.1 Å². The van der Waals surface area contributed by atoms with Crippen LogP contribution in [0.3, 0.4) is 0 Å². The van der Waals surface area contributed by atoms with Gasteiger partial charge in [-0.15, -0.1) is 0 Å². The van der Waals surface area contributed by atoms with Gasteiger partial charge in [-0.1, -0.05) is 6.07 Å². The second-order valence-corrected chi connectivity index (χ2v) is 3.32. The van der Waals surface area contributed by atoms with E-state index in [-0.39, 0.29) is 12.1 Å². The molecule has 0 unspecified atom stereocenters. The highest BCUT2D eigenvalue weighted by atomic mass is 19.3. The quantitative estimate of drug-likeness (QED) is 0.764. The van der Waals surface area contributed by atoms with Gasteiger partial charge in [0.15, 0.2) is 0 Å². The molecule has 0 aromatic heterocycles. The Labute approximate surface area is 89.9 Å². The molecular formula is C10H11F4NO. The van der Waals surface area contributed by atoms with Crippen LogP contribution >= 0.6 is 0 Å². The third kappa shape index (κ3) is 3.46. The molecule has 0 fully saturated rings. The van der Waals surface area contributed by atoms with Gasteiger partial charge in [0.1, 0.15) is 18.2 Å². The predicted octanol–water partition coefficient (Wildman–Crippen LogP) is 1.68. The molecule has 90 valence electrons. The van der Waals surface area contributed by atoms with E-state index in [1.807, 2.05) is 0 Å². The summed E-state index contributed by atoms with van der Waals surface area (Å²) in [5, 5.41) is 10.4. The molecule has 0 spiro atoms. The van der Waals surface area contributed by atoms with E-state index in [9.17, 15) is 17.6 Å². The summed E-state index contributed by atoms with van der Waals surface area (Å²) in [6, 6.07) is 3.28. The first-order valence-corrected chi connectivity index (χ1v) is 4.58. The highest BCUT2D eigenvalue weighted by Gasteiger charge is 2.27. The van der Waals surface area contributed by atoms with E-state index in [2.05, 4.69) is 5.32 Å². The molecule has 2 N–H and O–H groups in total. The third-order valence-electron chi connectivity index (χ3n) is 1.98. The highest BCUT2D eigenvalue weighted by Crippen LogP contribution is 2.13. The van der Waals surface area contributed by atoms with Crippen LogP contribution in [0.2, 0.25) is 0 Å². The maximum absolute atomic E-state index is 13.0. The number of alkyl halides is 2. The smallest absolute Gasteiger partial charge is 0.282 e. The summed E-state index contributed by atoms with van der Waals surface area (Å²) < 4.78 is 51.2. The summed E-state index contributed by atoms with van der Waals surface area (Å²) in [4.78, 5) is 0. The van der Waals surface area contributed by atoms with E-state index in [4.69, 9.17) is 5.11 Å². The van der Waals surface area contributed by atoms with Crippen molar-refractivity contribution < 1.29 is 22.7 Å². The average Bonchev–Trinajstić information content (AvgIpc) is 2.22. The molecule has 6 heteroatoms. The largest absolute Gasteiger partial charge is 0.390 e. The van der Waals surface area contributed by atoms with Crippen LogP contribution in [-0.2, 0) is 6.54 Å². The monoisotopic (exact) mass is 237 g/mol. The molecule has 0 bridgehead atoms. The van der Waals surface area contributed by atoms with Gasteiger partial charge in [-0.05, 0) is 12.1 Å². The Bertz CT molecular complexity index is 336. The Balaban J connectivity index is 2.56. The summed E-state index contributed by atoms with van der Waals surface area (Å²) in [7, 11) is 0. The van der Waals surface area contributed by atoms with Gasteiger partial charge in [-0.3, -0.25) is 0 Å². The van der Waals surface area contributed by atoms with Crippen molar-refractivity contribution in [3.63, 3.8) is 0 Å². The van der Waals surface area contributed by atoms with Gasteiger partial charge >= 0.3 is 0 Å². The highest BCUT2D eigenvalue weighted by molar-refractivity contribution is 5.19. The molecule has 0 atom stereocenters.